The number of aromatic nitrogens is 2. The Kier molecular flexibility index (Phi) is 5.08. The summed E-state index contributed by atoms with van der Waals surface area (Å²) < 4.78 is 1.46. The first-order chi connectivity index (χ1) is 13.8. The second kappa shape index (κ2) is 7.55. The van der Waals surface area contributed by atoms with E-state index in [1.807, 2.05) is 38.3 Å². The molecule has 1 aliphatic heterocycles. The smallest absolute Gasteiger partial charge is 0.320 e. The van der Waals surface area contributed by atoms with Crippen LogP contribution in [0.2, 0.25) is 0 Å². The van der Waals surface area contributed by atoms with Gasteiger partial charge in [0.15, 0.2) is 0 Å². The summed E-state index contributed by atoms with van der Waals surface area (Å²) in [4.78, 5) is 34.7. The van der Waals surface area contributed by atoms with Crippen molar-refractivity contribution in [2.45, 2.75) is 52.0 Å². The van der Waals surface area contributed by atoms with Crippen LogP contribution in [0.1, 0.15) is 50.6 Å². The number of thiophene rings is 1. The second-order valence-corrected chi connectivity index (χ2v) is 9.29. The molecule has 2 aliphatic rings. The molecule has 1 unspecified atom stereocenters. The number of anilines is 1. The highest BCUT2D eigenvalue weighted by Gasteiger charge is 2.34. The Morgan fingerprint density at radius 3 is 2.90 bits per heavy atom. The lowest BCUT2D eigenvalue weighted by Gasteiger charge is -2.16. The Bertz CT molecular complexity index is 997. The van der Waals surface area contributed by atoms with Gasteiger partial charge in [0, 0.05) is 22.1 Å². The molecule has 29 heavy (non-hydrogen) atoms. The number of aliphatic imine (C=N–C) groups is 2. The summed E-state index contributed by atoms with van der Waals surface area (Å²) in [6.45, 7) is 6.54. The molecule has 8 nitrogen and oxygen atoms in total. The molecule has 1 fully saturated rings. The van der Waals surface area contributed by atoms with Gasteiger partial charge in [-0.05, 0) is 30.7 Å². The fraction of sp³-hybridized carbons (Fsp3) is 0.450. The maximum absolute atomic E-state index is 12.4. The van der Waals surface area contributed by atoms with Crippen molar-refractivity contribution >= 4 is 40.8 Å². The first-order valence-electron chi connectivity index (χ1n) is 9.69. The van der Waals surface area contributed by atoms with Crippen LogP contribution in [0.25, 0.3) is 0 Å². The normalized spacial score (nSPS) is 18.9. The van der Waals surface area contributed by atoms with Gasteiger partial charge in [-0.2, -0.15) is 14.8 Å². The van der Waals surface area contributed by atoms with Gasteiger partial charge in [0.1, 0.15) is 5.82 Å². The minimum absolute atomic E-state index is 0.177. The van der Waals surface area contributed by atoms with Crippen LogP contribution in [-0.2, 0) is 16.8 Å². The molecule has 0 saturated heterocycles. The first-order valence-corrected chi connectivity index (χ1v) is 10.6. The third-order valence-corrected chi connectivity index (χ3v) is 5.87. The van der Waals surface area contributed by atoms with Crippen LogP contribution in [-0.4, -0.2) is 33.4 Å². The van der Waals surface area contributed by atoms with E-state index in [9.17, 15) is 9.59 Å². The van der Waals surface area contributed by atoms with Crippen molar-refractivity contribution in [1.82, 2.24) is 15.1 Å². The fourth-order valence-electron chi connectivity index (χ4n) is 3.38. The standard InChI is InChI=1S/C20H24N6O2S/c1-20(2,3)15-10-16(23-19(28)21-11-12-6-5-9-29-12)26(25-15)18-22-14-8-4-7-13(14)17(27)24-18/h5-6,9-10,13H,4,7-8,11H2,1-3H3,(H2,21,23,28). The maximum atomic E-state index is 12.4. The van der Waals surface area contributed by atoms with Gasteiger partial charge in [-0.3, -0.25) is 10.1 Å². The summed E-state index contributed by atoms with van der Waals surface area (Å²) in [7, 11) is 0. The average Bonchev–Trinajstić information content (AvgIpc) is 3.39. The molecule has 3 heterocycles. The molecule has 2 aromatic rings. The third-order valence-electron chi connectivity index (χ3n) is 4.99. The van der Waals surface area contributed by atoms with E-state index in [-0.39, 0.29) is 29.2 Å². The summed E-state index contributed by atoms with van der Waals surface area (Å²) in [6, 6.07) is 5.36. The van der Waals surface area contributed by atoms with Crippen molar-refractivity contribution in [3.8, 4) is 0 Å². The van der Waals surface area contributed by atoms with Crippen LogP contribution in [0.15, 0.2) is 33.6 Å². The molecule has 1 aliphatic carbocycles. The summed E-state index contributed by atoms with van der Waals surface area (Å²) in [5.41, 5.74) is 1.40. The number of fused-ring (bicyclic) bond motifs is 1. The molecular weight excluding hydrogens is 388 g/mol. The van der Waals surface area contributed by atoms with Crippen LogP contribution < -0.4 is 10.6 Å². The molecule has 0 aromatic carbocycles. The third kappa shape index (κ3) is 4.14. The number of hydrogen-bond donors (Lipinski definition) is 2. The van der Waals surface area contributed by atoms with Gasteiger partial charge in [-0.15, -0.1) is 11.3 Å². The van der Waals surface area contributed by atoms with Crippen LogP contribution >= 0.6 is 11.3 Å². The molecule has 9 heteroatoms. The van der Waals surface area contributed by atoms with E-state index in [1.54, 1.807) is 17.4 Å². The molecule has 2 aromatic heterocycles. The van der Waals surface area contributed by atoms with Crippen LogP contribution in [0.4, 0.5) is 10.6 Å². The molecule has 152 valence electrons. The van der Waals surface area contributed by atoms with Crippen molar-refractivity contribution in [3.63, 3.8) is 0 Å². The summed E-state index contributed by atoms with van der Waals surface area (Å²) >= 11 is 1.58. The first kappa shape index (κ1) is 19.5. The molecule has 1 atom stereocenters. The van der Waals surface area contributed by atoms with Crippen LogP contribution in [0.5, 0.6) is 0 Å². The van der Waals surface area contributed by atoms with Gasteiger partial charge in [0.25, 0.3) is 11.9 Å². The number of carbonyl (C=O) groups is 2. The zero-order valence-electron chi connectivity index (χ0n) is 16.7. The van der Waals surface area contributed by atoms with Crippen molar-refractivity contribution in [3.05, 3.63) is 34.2 Å². The summed E-state index contributed by atoms with van der Waals surface area (Å²) in [5.74, 6) is 0.281. The Morgan fingerprint density at radius 1 is 1.34 bits per heavy atom. The predicted molar refractivity (Wildman–Crippen MR) is 114 cm³/mol. The largest absolute Gasteiger partial charge is 0.333 e. The van der Waals surface area contributed by atoms with E-state index in [2.05, 4.69) is 25.7 Å². The highest BCUT2D eigenvalue weighted by Crippen LogP contribution is 2.29. The number of carbonyl (C=O) groups excluding carboxylic acids is 2. The predicted octanol–water partition coefficient (Wildman–Crippen LogP) is 3.55. The number of urea groups is 1. The second-order valence-electron chi connectivity index (χ2n) is 8.26. The van der Waals surface area contributed by atoms with E-state index < -0.39 is 0 Å². The van der Waals surface area contributed by atoms with E-state index in [4.69, 9.17) is 0 Å². The minimum Gasteiger partial charge on any atom is -0.333 e. The van der Waals surface area contributed by atoms with Gasteiger partial charge in [0.05, 0.1) is 18.2 Å². The van der Waals surface area contributed by atoms with Crippen molar-refractivity contribution in [2.24, 2.45) is 15.9 Å². The Hall–Kier alpha value is -2.81. The van der Waals surface area contributed by atoms with Crippen molar-refractivity contribution in [1.29, 1.82) is 0 Å². The number of nitrogens with one attached hydrogen (secondary N) is 2. The number of hydrogen-bond acceptors (Lipinski definition) is 5. The quantitative estimate of drug-likeness (QED) is 0.806. The zero-order chi connectivity index (χ0) is 20.6. The van der Waals surface area contributed by atoms with Crippen LogP contribution in [0, 0.1) is 5.92 Å². The molecule has 1 saturated carbocycles. The summed E-state index contributed by atoms with van der Waals surface area (Å²) in [6.07, 6.45) is 2.55. The van der Waals surface area contributed by atoms with E-state index in [0.29, 0.717) is 12.4 Å². The maximum Gasteiger partial charge on any atom is 0.320 e. The van der Waals surface area contributed by atoms with E-state index in [0.717, 1.165) is 35.5 Å². The molecule has 3 amide bonds. The highest BCUT2D eigenvalue weighted by atomic mass is 32.1. The van der Waals surface area contributed by atoms with Crippen LogP contribution in [0.3, 0.4) is 0 Å². The van der Waals surface area contributed by atoms with Gasteiger partial charge in [-0.1, -0.05) is 26.8 Å². The van der Waals surface area contributed by atoms with Gasteiger partial charge in [-0.25, -0.2) is 9.79 Å². The van der Waals surface area contributed by atoms with Crippen molar-refractivity contribution in [2.75, 3.05) is 5.32 Å². The topological polar surface area (TPSA) is 101 Å². The van der Waals surface area contributed by atoms with Gasteiger partial charge >= 0.3 is 6.03 Å². The minimum atomic E-state index is -0.353. The van der Waals surface area contributed by atoms with Crippen molar-refractivity contribution < 1.29 is 9.59 Å². The fourth-order valence-corrected chi connectivity index (χ4v) is 4.03. The lowest BCUT2D eigenvalue weighted by molar-refractivity contribution is -0.119. The van der Waals surface area contributed by atoms with Gasteiger partial charge in [0.2, 0.25) is 0 Å². The lowest BCUT2D eigenvalue weighted by atomic mass is 9.92. The Labute approximate surface area is 173 Å². The number of rotatable bonds is 3. The molecule has 4 rings (SSSR count). The average molecular weight is 413 g/mol. The molecule has 0 spiro atoms. The molecule has 0 radical (unpaired) electrons. The van der Waals surface area contributed by atoms with E-state index in [1.165, 1.54) is 4.68 Å². The zero-order valence-corrected chi connectivity index (χ0v) is 17.5. The van der Waals surface area contributed by atoms with Gasteiger partial charge < -0.3 is 5.32 Å². The SMILES string of the molecule is CC(C)(C)c1cc(NC(=O)NCc2cccs2)n(C2=NC(=O)C3CCCC3=N2)n1. The monoisotopic (exact) mass is 412 g/mol. The molecular formula is C20H24N6O2S. The number of amides is 3. The highest BCUT2D eigenvalue weighted by molar-refractivity contribution is 7.09. The van der Waals surface area contributed by atoms with E-state index >= 15 is 0 Å². The summed E-state index contributed by atoms with van der Waals surface area (Å²) in [5, 5.41) is 12.2. The molecule has 2 N–H and O–H groups in total. The lowest BCUT2D eigenvalue weighted by Crippen LogP contribution is -2.32. The Balaban J connectivity index is 1.60. The molecule has 0 bridgehead atoms. The number of nitrogens with zero attached hydrogens (tertiary/aromatic N) is 4. The Morgan fingerprint density at radius 2 is 2.17 bits per heavy atom.